The Kier molecular flexibility index (Phi) is 5.12. The smallest absolute Gasteiger partial charge is 0.223 e. The van der Waals surface area contributed by atoms with Crippen LogP contribution in [0.3, 0.4) is 0 Å². The molecule has 0 radical (unpaired) electrons. The maximum absolute atomic E-state index is 11.6. The summed E-state index contributed by atoms with van der Waals surface area (Å²) >= 11 is 0. The summed E-state index contributed by atoms with van der Waals surface area (Å²) in [6, 6.07) is 1.41. The van der Waals surface area contributed by atoms with Crippen molar-refractivity contribution >= 4 is 0 Å². The van der Waals surface area contributed by atoms with Gasteiger partial charge in [0.15, 0.2) is 5.75 Å². The van der Waals surface area contributed by atoms with Crippen molar-refractivity contribution in [3.05, 3.63) is 40.3 Å². The number of aliphatic hydroxyl groups excluding tert-OH is 1. The molecular formula is C13H20N2O3. The Morgan fingerprint density at radius 2 is 2.22 bits per heavy atom. The van der Waals surface area contributed by atoms with Gasteiger partial charge in [0.25, 0.3) is 0 Å². The normalized spacial score (nSPS) is 10.9. The molecule has 1 aromatic rings. The van der Waals surface area contributed by atoms with Gasteiger partial charge in [-0.15, -0.1) is 6.58 Å². The van der Waals surface area contributed by atoms with E-state index < -0.39 is 0 Å². The number of rotatable bonds is 6. The van der Waals surface area contributed by atoms with Crippen LogP contribution >= 0.6 is 0 Å². The van der Waals surface area contributed by atoms with Crippen LogP contribution in [-0.4, -0.2) is 39.9 Å². The molecule has 0 aliphatic rings. The predicted molar refractivity (Wildman–Crippen MR) is 70.7 cm³/mol. The topological polar surface area (TPSA) is 65.7 Å². The van der Waals surface area contributed by atoms with Crippen LogP contribution in [0, 0.1) is 6.92 Å². The summed E-state index contributed by atoms with van der Waals surface area (Å²) in [6.07, 6.45) is 1.71. The summed E-state index contributed by atoms with van der Waals surface area (Å²) in [7, 11) is 1.82. The number of aromatic nitrogens is 1. The molecule has 0 saturated heterocycles. The van der Waals surface area contributed by atoms with Crippen LogP contribution in [-0.2, 0) is 13.1 Å². The van der Waals surface area contributed by atoms with Gasteiger partial charge >= 0.3 is 0 Å². The molecule has 0 atom stereocenters. The number of pyridine rings is 1. The molecule has 1 aromatic heterocycles. The van der Waals surface area contributed by atoms with E-state index in [-0.39, 0.29) is 17.8 Å². The van der Waals surface area contributed by atoms with Gasteiger partial charge in [-0.25, -0.2) is 0 Å². The standard InChI is InChI=1S/C13H20N2O3/c1-4-5-15-10(2)8-12(17)13(18)11(15)9-14(3)6-7-16/h4,8,16,18H,1,5-7,9H2,2-3H3. The van der Waals surface area contributed by atoms with Crippen molar-refractivity contribution in [3.8, 4) is 5.75 Å². The summed E-state index contributed by atoms with van der Waals surface area (Å²) < 4.78 is 1.84. The molecule has 0 bridgehead atoms. The summed E-state index contributed by atoms with van der Waals surface area (Å²) in [5, 5.41) is 18.8. The van der Waals surface area contributed by atoms with Gasteiger partial charge in [0, 0.05) is 31.4 Å². The first-order chi connectivity index (χ1) is 8.51. The Morgan fingerprint density at radius 3 is 2.78 bits per heavy atom. The minimum absolute atomic E-state index is 0.0365. The molecule has 0 aliphatic carbocycles. The second-order valence-electron chi connectivity index (χ2n) is 4.31. The molecule has 2 N–H and O–H groups in total. The second-order valence-corrected chi connectivity index (χ2v) is 4.31. The molecule has 0 aliphatic heterocycles. The van der Waals surface area contributed by atoms with Gasteiger partial charge in [0.05, 0.1) is 12.3 Å². The molecule has 5 heteroatoms. The molecule has 1 rings (SSSR count). The SMILES string of the molecule is C=CCn1c(C)cc(=O)c(O)c1CN(C)CCO. The average molecular weight is 252 g/mol. The molecule has 0 unspecified atom stereocenters. The lowest BCUT2D eigenvalue weighted by atomic mass is 10.2. The zero-order chi connectivity index (χ0) is 13.7. The highest BCUT2D eigenvalue weighted by Gasteiger charge is 2.13. The Hall–Kier alpha value is -1.59. The number of aromatic hydroxyl groups is 1. The Labute approximate surface area is 107 Å². The van der Waals surface area contributed by atoms with E-state index in [1.807, 2.05) is 23.4 Å². The molecule has 18 heavy (non-hydrogen) atoms. The zero-order valence-corrected chi connectivity index (χ0v) is 10.9. The second kappa shape index (κ2) is 6.37. The van der Waals surface area contributed by atoms with Crippen LogP contribution in [0.25, 0.3) is 0 Å². The number of aryl methyl sites for hydroxylation is 1. The molecule has 0 saturated carbocycles. The van der Waals surface area contributed by atoms with Crippen molar-refractivity contribution in [1.29, 1.82) is 0 Å². The van der Waals surface area contributed by atoms with E-state index in [1.165, 1.54) is 6.07 Å². The number of hydrogen-bond acceptors (Lipinski definition) is 4. The molecule has 5 nitrogen and oxygen atoms in total. The predicted octanol–water partition coefficient (Wildman–Crippen LogP) is 0.472. The number of nitrogens with zero attached hydrogens (tertiary/aromatic N) is 2. The monoisotopic (exact) mass is 252 g/mol. The lowest BCUT2D eigenvalue weighted by molar-refractivity contribution is 0.212. The van der Waals surface area contributed by atoms with E-state index in [0.717, 1.165) is 5.69 Å². The van der Waals surface area contributed by atoms with Crippen molar-refractivity contribution in [2.24, 2.45) is 0 Å². The summed E-state index contributed by atoms with van der Waals surface area (Å²) in [5.41, 5.74) is 0.959. The van der Waals surface area contributed by atoms with Gasteiger partial charge in [-0.3, -0.25) is 9.69 Å². The lowest BCUT2D eigenvalue weighted by Crippen LogP contribution is -2.26. The highest BCUT2D eigenvalue weighted by Crippen LogP contribution is 2.16. The van der Waals surface area contributed by atoms with Crippen LogP contribution in [0.4, 0.5) is 0 Å². The van der Waals surface area contributed by atoms with Gasteiger partial charge in [0.1, 0.15) is 0 Å². The van der Waals surface area contributed by atoms with Gasteiger partial charge in [-0.2, -0.15) is 0 Å². The van der Waals surface area contributed by atoms with Crippen molar-refractivity contribution < 1.29 is 10.2 Å². The fraction of sp³-hybridized carbons (Fsp3) is 0.462. The van der Waals surface area contributed by atoms with Gasteiger partial charge in [0.2, 0.25) is 5.43 Å². The first-order valence-corrected chi connectivity index (χ1v) is 5.83. The first-order valence-electron chi connectivity index (χ1n) is 5.83. The lowest BCUT2D eigenvalue weighted by Gasteiger charge is -2.21. The van der Waals surface area contributed by atoms with Crippen molar-refractivity contribution in [3.63, 3.8) is 0 Å². The molecular weight excluding hydrogens is 232 g/mol. The van der Waals surface area contributed by atoms with Crippen LogP contribution in [0.5, 0.6) is 5.75 Å². The minimum atomic E-state index is -0.375. The largest absolute Gasteiger partial charge is 0.503 e. The third-order valence-electron chi connectivity index (χ3n) is 2.81. The van der Waals surface area contributed by atoms with E-state index in [9.17, 15) is 9.90 Å². The molecule has 100 valence electrons. The number of likely N-dealkylation sites (N-methyl/N-ethyl adjacent to an activating group) is 1. The molecule has 0 amide bonds. The maximum Gasteiger partial charge on any atom is 0.223 e. The van der Waals surface area contributed by atoms with Crippen LogP contribution < -0.4 is 5.43 Å². The van der Waals surface area contributed by atoms with E-state index in [4.69, 9.17) is 5.11 Å². The number of hydrogen-bond donors (Lipinski definition) is 2. The van der Waals surface area contributed by atoms with Crippen LogP contribution in [0.15, 0.2) is 23.5 Å². The zero-order valence-electron chi connectivity index (χ0n) is 10.9. The van der Waals surface area contributed by atoms with E-state index >= 15 is 0 Å². The van der Waals surface area contributed by atoms with E-state index in [0.29, 0.717) is 25.3 Å². The molecule has 0 spiro atoms. The summed E-state index contributed by atoms with van der Waals surface area (Å²) in [5.74, 6) is -0.229. The Bertz CT molecular complexity index is 480. The first kappa shape index (κ1) is 14.5. The minimum Gasteiger partial charge on any atom is -0.503 e. The van der Waals surface area contributed by atoms with Gasteiger partial charge < -0.3 is 14.8 Å². The molecule has 1 heterocycles. The molecule has 0 fully saturated rings. The van der Waals surface area contributed by atoms with Gasteiger partial charge in [-0.05, 0) is 14.0 Å². The average Bonchev–Trinajstić information content (AvgIpc) is 2.31. The van der Waals surface area contributed by atoms with Crippen molar-refractivity contribution in [2.75, 3.05) is 20.2 Å². The summed E-state index contributed by atoms with van der Waals surface area (Å²) in [4.78, 5) is 13.4. The maximum atomic E-state index is 11.6. The quantitative estimate of drug-likeness (QED) is 0.722. The third kappa shape index (κ3) is 3.21. The Balaban J connectivity index is 3.20. The number of aliphatic hydroxyl groups is 1. The highest BCUT2D eigenvalue weighted by molar-refractivity contribution is 5.30. The number of allylic oxidation sites excluding steroid dienone is 1. The van der Waals surface area contributed by atoms with Crippen molar-refractivity contribution in [1.82, 2.24) is 9.47 Å². The summed E-state index contributed by atoms with van der Waals surface area (Å²) in [6.45, 7) is 6.94. The van der Waals surface area contributed by atoms with E-state index in [1.54, 1.807) is 6.08 Å². The van der Waals surface area contributed by atoms with Crippen LogP contribution in [0.1, 0.15) is 11.4 Å². The van der Waals surface area contributed by atoms with Gasteiger partial charge in [-0.1, -0.05) is 6.08 Å². The van der Waals surface area contributed by atoms with Crippen molar-refractivity contribution in [2.45, 2.75) is 20.0 Å². The van der Waals surface area contributed by atoms with E-state index in [2.05, 4.69) is 6.58 Å². The van der Waals surface area contributed by atoms with Crippen LogP contribution in [0.2, 0.25) is 0 Å². The fourth-order valence-electron chi connectivity index (χ4n) is 1.87. The fourth-order valence-corrected chi connectivity index (χ4v) is 1.87. The molecule has 0 aromatic carbocycles. The highest BCUT2D eigenvalue weighted by atomic mass is 16.3. The Morgan fingerprint density at radius 1 is 1.56 bits per heavy atom. The third-order valence-corrected chi connectivity index (χ3v) is 2.81.